The Morgan fingerprint density at radius 2 is 1.22 bits per heavy atom. The number of ether oxygens (including phenoxy) is 1. The topological polar surface area (TPSA) is 163 Å². The molecule has 0 bridgehead atoms. The highest BCUT2D eigenvalue weighted by Gasteiger charge is 2.30. The van der Waals surface area contributed by atoms with Crippen LogP contribution in [0.15, 0.2) is 48.5 Å². The SMILES string of the molecule is C[C@H](NC(=O)OCC1c2ccccc2-c2ccccc21)C(=O)N[C@@H](C)C(=O)N[C@@H](C)C(=O)NCC(=O)O. The number of nitrogens with one attached hydrogen (secondary N) is 4. The number of carboxylic acid groups (broad SMARTS) is 1. The van der Waals surface area contributed by atoms with Crippen molar-refractivity contribution in [3.8, 4) is 11.1 Å². The molecule has 37 heavy (non-hydrogen) atoms. The smallest absolute Gasteiger partial charge is 0.407 e. The fourth-order valence-corrected chi connectivity index (χ4v) is 4.01. The van der Waals surface area contributed by atoms with Crippen molar-refractivity contribution in [1.82, 2.24) is 21.3 Å². The van der Waals surface area contributed by atoms with Crippen molar-refractivity contribution >= 4 is 29.8 Å². The number of hydrogen-bond acceptors (Lipinski definition) is 6. The molecule has 0 fully saturated rings. The summed E-state index contributed by atoms with van der Waals surface area (Å²) in [6.45, 7) is 3.75. The van der Waals surface area contributed by atoms with E-state index in [1.54, 1.807) is 0 Å². The number of carbonyl (C=O) groups excluding carboxylic acids is 4. The summed E-state index contributed by atoms with van der Waals surface area (Å²) < 4.78 is 5.44. The van der Waals surface area contributed by atoms with Gasteiger partial charge in [0.2, 0.25) is 17.7 Å². The number of aliphatic carboxylic acids is 1. The van der Waals surface area contributed by atoms with E-state index in [-0.39, 0.29) is 12.5 Å². The Morgan fingerprint density at radius 3 is 1.73 bits per heavy atom. The highest BCUT2D eigenvalue weighted by molar-refractivity contribution is 5.93. The molecule has 2 aromatic rings. The molecule has 3 rings (SSSR count). The first-order valence-corrected chi connectivity index (χ1v) is 11.8. The van der Waals surface area contributed by atoms with Gasteiger partial charge in [0.05, 0.1) is 0 Å². The number of fused-ring (bicyclic) bond motifs is 3. The van der Waals surface area contributed by atoms with Crippen molar-refractivity contribution in [2.75, 3.05) is 13.2 Å². The Morgan fingerprint density at radius 1 is 0.757 bits per heavy atom. The van der Waals surface area contributed by atoms with Gasteiger partial charge in [0.25, 0.3) is 0 Å². The van der Waals surface area contributed by atoms with Gasteiger partial charge in [-0.15, -0.1) is 0 Å². The molecular formula is C26H30N4O7. The summed E-state index contributed by atoms with van der Waals surface area (Å²) in [5, 5.41) is 18.1. The van der Waals surface area contributed by atoms with Crippen LogP contribution in [0.25, 0.3) is 11.1 Å². The summed E-state index contributed by atoms with van der Waals surface area (Å²) >= 11 is 0. The number of hydrogen-bond donors (Lipinski definition) is 5. The first kappa shape index (κ1) is 27.2. The van der Waals surface area contributed by atoms with Crippen LogP contribution >= 0.6 is 0 Å². The number of rotatable bonds is 10. The number of carboxylic acids is 1. The maximum atomic E-state index is 12.5. The highest BCUT2D eigenvalue weighted by Crippen LogP contribution is 2.44. The van der Waals surface area contributed by atoms with Crippen molar-refractivity contribution in [1.29, 1.82) is 0 Å². The summed E-state index contributed by atoms with van der Waals surface area (Å²) in [7, 11) is 0. The number of carbonyl (C=O) groups is 5. The third-order valence-corrected chi connectivity index (χ3v) is 5.99. The van der Waals surface area contributed by atoms with Crippen molar-refractivity contribution in [3.63, 3.8) is 0 Å². The minimum atomic E-state index is -1.22. The molecule has 0 aliphatic heterocycles. The van der Waals surface area contributed by atoms with Gasteiger partial charge in [-0.1, -0.05) is 48.5 Å². The first-order valence-electron chi connectivity index (χ1n) is 11.8. The lowest BCUT2D eigenvalue weighted by Gasteiger charge is -2.20. The van der Waals surface area contributed by atoms with Crippen molar-refractivity contribution in [3.05, 3.63) is 59.7 Å². The van der Waals surface area contributed by atoms with Gasteiger partial charge in [0.15, 0.2) is 0 Å². The fourth-order valence-electron chi connectivity index (χ4n) is 4.01. The largest absolute Gasteiger partial charge is 0.480 e. The molecule has 0 saturated carbocycles. The third kappa shape index (κ3) is 6.84. The van der Waals surface area contributed by atoms with Crippen LogP contribution in [0.2, 0.25) is 0 Å². The van der Waals surface area contributed by atoms with E-state index in [9.17, 15) is 24.0 Å². The quantitative estimate of drug-likeness (QED) is 0.320. The number of alkyl carbamates (subject to hydrolysis) is 1. The van der Waals surface area contributed by atoms with Crippen LogP contribution in [0.3, 0.4) is 0 Å². The number of benzene rings is 2. The maximum Gasteiger partial charge on any atom is 0.407 e. The normalized spacial score (nSPS) is 14.2. The zero-order chi connectivity index (χ0) is 27.1. The molecule has 0 saturated heterocycles. The van der Waals surface area contributed by atoms with Crippen LogP contribution in [-0.2, 0) is 23.9 Å². The van der Waals surface area contributed by atoms with E-state index in [1.165, 1.54) is 20.8 Å². The lowest BCUT2D eigenvalue weighted by Crippen LogP contribution is -2.54. The van der Waals surface area contributed by atoms with Crippen LogP contribution in [-0.4, -0.2) is 66.2 Å². The summed E-state index contributed by atoms with van der Waals surface area (Å²) in [6, 6.07) is 12.8. The summed E-state index contributed by atoms with van der Waals surface area (Å²) in [6.07, 6.45) is -0.773. The molecule has 3 atom stereocenters. The molecule has 11 heteroatoms. The van der Waals surface area contributed by atoms with E-state index in [1.807, 2.05) is 48.5 Å². The van der Waals surface area contributed by atoms with Gasteiger partial charge < -0.3 is 31.1 Å². The van der Waals surface area contributed by atoms with Crippen LogP contribution in [0.5, 0.6) is 0 Å². The van der Waals surface area contributed by atoms with Gasteiger partial charge in [0, 0.05) is 5.92 Å². The molecule has 11 nitrogen and oxygen atoms in total. The van der Waals surface area contributed by atoms with Crippen molar-refractivity contribution < 1.29 is 33.8 Å². The lowest BCUT2D eigenvalue weighted by atomic mass is 9.98. The molecule has 0 heterocycles. The average Bonchev–Trinajstić information content (AvgIpc) is 3.19. The van der Waals surface area contributed by atoms with Gasteiger partial charge in [-0.05, 0) is 43.0 Å². The van der Waals surface area contributed by atoms with Gasteiger partial charge >= 0.3 is 12.1 Å². The Labute approximate surface area is 214 Å². The van der Waals surface area contributed by atoms with Gasteiger partial charge in [-0.25, -0.2) is 4.79 Å². The summed E-state index contributed by atoms with van der Waals surface area (Å²) in [4.78, 5) is 59.5. The van der Waals surface area contributed by atoms with Gasteiger partial charge in [0.1, 0.15) is 31.3 Å². The molecule has 4 amide bonds. The molecule has 0 unspecified atom stereocenters. The van der Waals surface area contributed by atoms with Gasteiger partial charge in [-0.2, -0.15) is 0 Å². The zero-order valence-corrected chi connectivity index (χ0v) is 20.7. The van der Waals surface area contributed by atoms with E-state index in [0.29, 0.717) is 0 Å². The molecule has 196 valence electrons. The van der Waals surface area contributed by atoms with Crippen molar-refractivity contribution in [2.45, 2.75) is 44.8 Å². The molecule has 2 aromatic carbocycles. The Balaban J connectivity index is 1.47. The van der Waals surface area contributed by atoms with Crippen LogP contribution in [0.4, 0.5) is 4.79 Å². The monoisotopic (exact) mass is 510 g/mol. The minimum Gasteiger partial charge on any atom is -0.480 e. The van der Waals surface area contributed by atoms with E-state index in [2.05, 4.69) is 21.3 Å². The molecule has 0 spiro atoms. The minimum absolute atomic E-state index is 0.0921. The average molecular weight is 511 g/mol. The Bertz CT molecular complexity index is 1150. The predicted molar refractivity (Wildman–Crippen MR) is 134 cm³/mol. The van der Waals surface area contributed by atoms with Crippen molar-refractivity contribution in [2.24, 2.45) is 0 Å². The van der Waals surface area contributed by atoms with Crippen LogP contribution in [0, 0.1) is 0 Å². The second-order valence-corrected chi connectivity index (χ2v) is 8.76. The van der Waals surface area contributed by atoms with Crippen LogP contribution in [0.1, 0.15) is 37.8 Å². The van der Waals surface area contributed by atoms with Crippen LogP contribution < -0.4 is 21.3 Å². The summed E-state index contributed by atoms with van der Waals surface area (Å²) in [5.41, 5.74) is 4.32. The zero-order valence-electron chi connectivity index (χ0n) is 20.7. The predicted octanol–water partition coefficient (Wildman–Crippen LogP) is 1.12. The molecule has 0 aromatic heterocycles. The molecule has 1 aliphatic rings. The highest BCUT2D eigenvalue weighted by atomic mass is 16.5. The third-order valence-electron chi connectivity index (χ3n) is 5.99. The lowest BCUT2D eigenvalue weighted by molar-refractivity contribution is -0.138. The summed E-state index contributed by atoms with van der Waals surface area (Å²) in [5.74, 6) is -3.30. The maximum absolute atomic E-state index is 12.5. The standard InChI is InChI=1S/C26H30N4O7/c1-14(23(33)27-12-22(31)32)28-24(34)15(2)29-25(35)16(3)30-26(36)37-13-21-19-10-6-4-8-17(19)18-9-5-7-11-20(18)21/h4-11,14-16,21H,12-13H2,1-3H3,(H,27,33)(H,28,34)(H,29,35)(H,30,36)(H,31,32)/t14-,15-,16-/m0/s1. The van der Waals surface area contributed by atoms with E-state index < -0.39 is 54.5 Å². The van der Waals surface area contributed by atoms with E-state index in [4.69, 9.17) is 9.84 Å². The Hall–Kier alpha value is -4.41. The van der Waals surface area contributed by atoms with E-state index in [0.717, 1.165) is 22.3 Å². The second-order valence-electron chi connectivity index (χ2n) is 8.76. The molecule has 5 N–H and O–H groups in total. The second kappa shape index (κ2) is 12.0. The Kier molecular flexibility index (Phi) is 8.83. The molecule has 1 aliphatic carbocycles. The van der Waals surface area contributed by atoms with Gasteiger partial charge in [-0.3, -0.25) is 19.2 Å². The molecule has 0 radical (unpaired) electrons. The van der Waals surface area contributed by atoms with E-state index >= 15 is 0 Å². The number of amides is 4. The first-order chi connectivity index (χ1) is 17.6. The molecular weight excluding hydrogens is 480 g/mol. The fraction of sp³-hybridized carbons (Fsp3) is 0.346.